The predicted molar refractivity (Wildman–Crippen MR) is 64.6 cm³/mol. The van der Waals surface area contributed by atoms with Gasteiger partial charge < -0.3 is 20.5 Å². The average Bonchev–Trinajstić information content (AvgIpc) is 2.37. The van der Waals surface area contributed by atoms with Gasteiger partial charge in [-0.15, -0.1) is 0 Å². The summed E-state index contributed by atoms with van der Waals surface area (Å²) in [5.41, 5.74) is 0.928. The molecule has 17 heavy (non-hydrogen) atoms. The topological polar surface area (TPSA) is 70.6 Å². The molecule has 3 N–H and O–H groups in total. The number of likely N-dealkylation sites (N-methyl/N-ethyl adjacent to an activating group) is 1. The maximum Gasteiger partial charge on any atom is 0.407 e. The standard InChI is InChI=1S/C12H18N2O3/c1-13-7-11(8-15)14-12(16)17-9-10-5-3-2-4-6-10/h2-6,11,13,15H,7-9H2,1H3,(H,14,16)/t11-/m0/s1. The van der Waals surface area contributed by atoms with E-state index in [0.717, 1.165) is 5.56 Å². The van der Waals surface area contributed by atoms with Crippen LogP contribution in [0.25, 0.3) is 0 Å². The Kier molecular flexibility index (Phi) is 6.06. The quantitative estimate of drug-likeness (QED) is 0.674. The Morgan fingerprint density at radius 2 is 2.12 bits per heavy atom. The van der Waals surface area contributed by atoms with Crippen molar-refractivity contribution in [1.82, 2.24) is 10.6 Å². The Morgan fingerprint density at radius 3 is 2.71 bits per heavy atom. The molecular weight excluding hydrogens is 220 g/mol. The van der Waals surface area contributed by atoms with Crippen LogP contribution >= 0.6 is 0 Å². The van der Waals surface area contributed by atoms with Gasteiger partial charge in [0.25, 0.3) is 0 Å². The first-order valence-corrected chi connectivity index (χ1v) is 5.49. The molecule has 0 saturated carbocycles. The maximum absolute atomic E-state index is 11.4. The summed E-state index contributed by atoms with van der Waals surface area (Å²) in [4.78, 5) is 11.4. The molecule has 0 saturated heterocycles. The largest absolute Gasteiger partial charge is 0.445 e. The molecule has 1 rings (SSSR count). The number of aliphatic hydroxyl groups is 1. The smallest absolute Gasteiger partial charge is 0.407 e. The molecule has 1 aromatic carbocycles. The van der Waals surface area contributed by atoms with Gasteiger partial charge in [0.05, 0.1) is 12.6 Å². The molecule has 1 aromatic rings. The molecule has 1 atom stereocenters. The summed E-state index contributed by atoms with van der Waals surface area (Å²) in [5.74, 6) is 0. The van der Waals surface area contributed by atoms with E-state index in [-0.39, 0.29) is 19.3 Å². The fourth-order valence-electron chi connectivity index (χ4n) is 1.34. The van der Waals surface area contributed by atoms with Crippen molar-refractivity contribution >= 4 is 6.09 Å². The first-order valence-electron chi connectivity index (χ1n) is 5.49. The van der Waals surface area contributed by atoms with Crippen molar-refractivity contribution in [2.75, 3.05) is 20.2 Å². The molecule has 5 nitrogen and oxygen atoms in total. The molecule has 0 aliphatic rings. The van der Waals surface area contributed by atoms with E-state index in [1.165, 1.54) is 0 Å². The Bertz CT molecular complexity index is 330. The van der Waals surface area contributed by atoms with E-state index in [9.17, 15) is 4.79 Å². The molecule has 0 aliphatic carbocycles. The first-order chi connectivity index (χ1) is 8.26. The monoisotopic (exact) mass is 238 g/mol. The van der Waals surface area contributed by atoms with Crippen molar-refractivity contribution < 1.29 is 14.6 Å². The molecule has 5 heteroatoms. The van der Waals surface area contributed by atoms with Crippen LogP contribution < -0.4 is 10.6 Å². The fraction of sp³-hybridized carbons (Fsp3) is 0.417. The molecule has 0 unspecified atom stereocenters. The van der Waals surface area contributed by atoms with Crippen LogP contribution in [0.2, 0.25) is 0 Å². The molecule has 1 amide bonds. The van der Waals surface area contributed by atoms with Crippen molar-refractivity contribution in [1.29, 1.82) is 0 Å². The highest BCUT2D eigenvalue weighted by Crippen LogP contribution is 2.00. The molecule has 94 valence electrons. The van der Waals surface area contributed by atoms with Gasteiger partial charge in [0, 0.05) is 6.54 Å². The van der Waals surface area contributed by atoms with E-state index in [1.807, 2.05) is 30.3 Å². The van der Waals surface area contributed by atoms with Crippen LogP contribution in [0.5, 0.6) is 0 Å². The predicted octanol–water partition coefficient (Wildman–Crippen LogP) is 0.493. The molecule has 0 aliphatic heterocycles. The van der Waals surface area contributed by atoms with Gasteiger partial charge in [-0.1, -0.05) is 30.3 Å². The second kappa shape index (κ2) is 7.65. The van der Waals surface area contributed by atoms with E-state index in [2.05, 4.69) is 10.6 Å². The van der Waals surface area contributed by atoms with Crippen LogP contribution in [0.4, 0.5) is 4.79 Å². The van der Waals surface area contributed by atoms with Crippen LogP contribution in [-0.2, 0) is 11.3 Å². The van der Waals surface area contributed by atoms with Crippen molar-refractivity contribution in [3.05, 3.63) is 35.9 Å². The van der Waals surface area contributed by atoms with Crippen LogP contribution in [0.15, 0.2) is 30.3 Å². The Balaban J connectivity index is 2.30. The number of benzene rings is 1. The lowest BCUT2D eigenvalue weighted by Gasteiger charge is -2.15. The summed E-state index contributed by atoms with van der Waals surface area (Å²) in [7, 11) is 1.75. The van der Waals surface area contributed by atoms with Gasteiger partial charge in [-0.05, 0) is 12.6 Å². The van der Waals surface area contributed by atoms with E-state index in [4.69, 9.17) is 9.84 Å². The summed E-state index contributed by atoms with van der Waals surface area (Å²) in [6, 6.07) is 9.10. The third kappa shape index (κ3) is 5.33. The van der Waals surface area contributed by atoms with Crippen LogP contribution in [-0.4, -0.2) is 37.4 Å². The summed E-state index contributed by atoms with van der Waals surface area (Å²) in [6.45, 7) is 0.600. The van der Waals surface area contributed by atoms with Crippen LogP contribution in [0, 0.1) is 0 Å². The number of alkyl carbamates (subject to hydrolysis) is 1. The molecule has 0 spiro atoms. The minimum Gasteiger partial charge on any atom is -0.445 e. The number of carbonyl (C=O) groups is 1. The number of carbonyl (C=O) groups excluding carboxylic acids is 1. The van der Waals surface area contributed by atoms with Crippen molar-refractivity contribution in [3.63, 3.8) is 0 Å². The zero-order valence-corrected chi connectivity index (χ0v) is 9.85. The maximum atomic E-state index is 11.4. The summed E-state index contributed by atoms with van der Waals surface area (Å²) >= 11 is 0. The van der Waals surface area contributed by atoms with E-state index in [0.29, 0.717) is 6.54 Å². The highest BCUT2D eigenvalue weighted by atomic mass is 16.5. The zero-order chi connectivity index (χ0) is 12.5. The Hall–Kier alpha value is -1.59. The molecular formula is C12H18N2O3. The number of ether oxygens (including phenoxy) is 1. The summed E-state index contributed by atoms with van der Waals surface area (Å²) in [6.07, 6.45) is -0.525. The lowest BCUT2D eigenvalue weighted by Crippen LogP contribution is -2.43. The SMILES string of the molecule is CNC[C@@H](CO)NC(=O)OCc1ccccc1. The summed E-state index contributed by atoms with van der Waals surface area (Å²) < 4.78 is 5.02. The van der Waals surface area contributed by atoms with Gasteiger partial charge in [0.2, 0.25) is 0 Å². The number of hydrogen-bond donors (Lipinski definition) is 3. The molecule has 0 bridgehead atoms. The third-order valence-electron chi connectivity index (χ3n) is 2.21. The minimum atomic E-state index is -0.525. The van der Waals surface area contributed by atoms with Gasteiger partial charge >= 0.3 is 6.09 Å². The van der Waals surface area contributed by atoms with Crippen molar-refractivity contribution in [2.45, 2.75) is 12.6 Å². The summed E-state index contributed by atoms with van der Waals surface area (Å²) in [5, 5.41) is 14.4. The molecule has 0 fully saturated rings. The molecule has 0 heterocycles. The van der Waals surface area contributed by atoms with E-state index in [1.54, 1.807) is 7.05 Å². The highest BCUT2D eigenvalue weighted by molar-refractivity contribution is 5.67. The Morgan fingerprint density at radius 1 is 1.41 bits per heavy atom. The number of nitrogens with one attached hydrogen (secondary N) is 2. The molecule has 0 radical (unpaired) electrons. The second-order valence-electron chi connectivity index (χ2n) is 3.64. The van der Waals surface area contributed by atoms with Crippen LogP contribution in [0.1, 0.15) is 5.56 Å². The van der Waals surface area contributed by atoms with Gasteiger partial charge in [0.1, 0.15) is 6.61 Å². The minimum absolute atomic E-state index is 0.124. The van der Waals surface area contributed by atoms with Gasteiger partial charge in [-0.3, -0.25) is 0 Å². The highest BCUT2D eigenvalue weighted by Gasteiger charge is 2.10. The van der Waals surface area contributed by atoms with Crippen LogP contribution in [0.3, 0.4) is 0 Å². The number of hydrogen-bond acceptors (Lipinski definition) is 4. The number of amides is 1. The average molecular weight is 238 g/mol. The van der Waals surface area contributed by atoms with Crippen molar-refractivity contribution in [3.8, 4) is 0 Å². The number of aliphatic hydroxyl groups excluding tert-OH is 1. The lowest BCUT2D eigenvalue weighted by molar-refractivity contribution is 0.129. The Labute approximate surface area is 101 Å². The fourth-order valence-corrected chi connectivity index (χ4v) is 1.34. The molecule has 0 aromatic heterocycles. The first kappa shape index (κ1) is 13.5. The second-order valence-corrected chi connectivity index (χ2v) is 3.64. The van der Waals surface area contributed by atoms with Crippen molar-refractivity contribution in [2.24, 2.45) is 0 Å². The third-order valence-corrected chi connectivity index (χ3v) is 2.21. The van der Waals surface area contributed by atoms with Gasteiger partial charge in [-0.2, -0.15) is 0 Å². The number of rotatable bonds is 6. The van der Waals surface area contributed by atoms with Gasteiger partial charge in [-0.25, -0.2) is 4.79 Å². The van der Waals surface area contributed by atoms with Gasteiger partial charge in [0.15, 0.2) is 0 Å². The normalized spacial score (nSPS) is 11.9. The zero-order valence-electron chi connectivity index (χ0n) is 9.85. The lowest BCUT2D eigenvalue weighted by atomic mass is 10.2. The van der Waals surface area contributed by atoms with E-state index < -0.39 is 6.09 Å². The van der Waals surface area contributed by atoms with E-state index >= 15 is 0 Å².